The highest BCUT2D eigenvalue weighted by molar-refractivity contribution is 6.11. The van der Waals surface area contributed by atoms with Gasteiger partial charge < -0.3 is 49.2 Å². The highest BCUT2D eigenvalue weighted by atomic mass is 19.4. The number of amides is 2. The fourth-order valence-corrected chi connectivity index (χ4v) is 9.25. The summed E-state index contributed by atoms with van der Waals surface area (Å²) in [7, 11) is 3.20. The molecule has 3 N–H and O–H groups in total. The molecule has 83 heavy (non-hydrogen) atoms. The SMILES string of the molecule is COC(=O)c1cc(Oc2ccccc2C(F)(F)F)ccc1N(C(=O)c1ccc(C)c(C)c1)C1CC[NH2+]CC1.Cc1ccc(C(=O)N(c2ccc(Oc3ccccc3C(F)(F)F)cc2C(=O)O)C2CCN(C)CC2)cc1C.O=C([O-])C(F)(F)F. The maximum atomic E-state index is 13.9. The Labute approximate surface area is 472 Å². The van der Waals surface area contributed by atoms with Gasteiger partial charge in [-0.3, -0.25) is 9.59 Å². The second kappa shape index (κ2) is 27.1. The zero-order valence-corrected chi connectivity index (χ0v) is 45.8. The van der Waals surface area contributed by atoms with Crippen molar-refractivity contribution in [2.45, 2.75) is 84.0 Å². The number of aromatic carboxylic acids is 1. The van der Waals surface area contributed by atoms with Crippen molar-refractivity contribution in [3.05, 3.63) is 177 Å². The average molecular weight is 1170 g/mol. The highest BCUT2D eigenvalue weighted by Gasteiger charge is 2.38. The zero-order valence-electron chi connectivity index (χ0n) is 45.8. The summed E-state index contributed by atoms with van der Waals surface area (Å²) in [5.41, 5.74) is 3.28. The van der Waals surface area contributed by atoms with E-state index < -0.39 is 59.1 Å². The number of ether oxygens (including phenoxy) is 3. The number of carboxylic acid groups (broad SMARTS) is 2. The van der Waals surface area contributed by atoms with E-state index in [0.717, 1.165) is 60.6 Å². The summed E-state index contributed by atoms with van der Waals surface area (Å²) in [6.07, 6.45) is -11.7. The van der Waals surface area contributed by atoms with Gasteiger partial charge in [0.2, 0.25) is 0 Å². The predicted molar refractivity (Wildman–Crippen MR) is 286 cm³/mol. The number of hydrogen-bond acceptors (Lipinski definition) is 10. The van der Waals surface area contributed by atoms with Crippen molar-refractivity contribution >= 4 is 41.1 Å². The minimum absolute atomic E-state index is 0.0152. The van der Waals surface area contributed by atoms with Crippen LogP contribution in [0.3, 0.4) is 0 Å². The van der Waals surface area contributed by atoms with E-state index in [1.807, 2.05) is 52.9 Å². The number of esters is 1. The largest absolute Gasteiger partial charge is 0.542 e. The molecule has 0 aromatic heterocycles. The van der Waals surface area contributed by atoms with Crippen LogP contribution in [-0.2, 0) is 21.9 Å². The number of alkyl halides is 9. The average Bonchev–Trinajstić information content (AvgIpc) is 3.05. The van der Waals surface area contributed by atoms with Crippen LogP contribution < -0.4 is 29.7 Å². The van der Waals surface area contributed by atoms with Gasteiger partial charge in [0.15, 0.2) is 0 Å². The smallest absolute Gasteiger partial charge is 0.430 e. The van der Waals surface area contributed by atoms with Crippen LogP contribution in [0.1, 0.15) is 100 Å². The van der Waals surface area contributed by atoms with E-state index in [-0.39, 0.29) is 52.2 Å². The molecule has 14 nitrogen and oxygen atoms in total. The number of nitrogens with zero attached hydrogens (tertiary/aromatic N) is 3. The fraction of sp³-hybridized carbons (Fsp3) is 0.317. The standard InChI is InChI=1S/2C29H29F3N2O4.C2HF3O2/c1-18-8-9-20(16-19(18)2)27(35)34(21-12-14-33-15-13-21)25-11-10-22(17-23(25)28(36)37-3)38-26-7-5-4-6-24(26)29(30,31)32;1-18-8-9-20(16-19(18)2)27(35)34(21-12-14-33(3)15-13-21)25-11-10-22(17-23(25)28(36)37)38-26-7-5-4-6-24(26)29(30,31)32;3-2(4,5)1(6)7/h4-11,16-17,21,33H,12-15H2,1-3H3;4-11,16-17,21H,12-15H2,1-3H3,(H,36,37);(H,6,7). The van der Waals surface area contributed by atoms with E-state index in [1.165, 1.54) is 84.8 Å². The Morgan fingerprint density at radius 2 is 0.964 bits per heavy atom. The third-order valence-electron chi connectivity index (χ3n) is 13.9. The third kappa shape index (κ3) is 16.4. The van der Waals surface area contributed by atoms with Crippen LogP contribution in [0.2, 0.25) is 0 Å². The normalized spacial score (nSPS) is 14.2. The van der Waals surface area contributed by atoms with E-state index in [0.29, 0.717) is 42.5 Å². The number of carbonyl (C=O) groups is 5. The second-order valence-electron chi connectivity index (χ2n) is 19.7. The predicted octanol–water partition coefficient (Wildman–Crippen LogP) is 11.1. The first kappa shape index (κ1) is 63.7. The van der Waals surface area contributed by atoms with Crippen molar-refractivity contribution in [1.82, 2.24) is 4.90 Å². The zero-order chi connectivity index (χ0) is 61.1. The summed E-state index contributed by atoms with van der Waals surface area (Å²) in [6.45, 7) is 10.9. The Hall–Kier alpha value is -8.44. The topological polar surface area (TPSA) is 183 Å². The number of aryl methyl sites for hydroxylation is 4. The van der Waals surface area contributed by atoms with Crippen LogP contribution in [0.15, 0.2) is 121 Å². The first-order valence-electron chi connectivity index (χ1n) is 25.9. The van der Waals surface area contributed by atoms with Gasteiger partial charge in [0.1, 0.15) is 29.0 Å². The highest BCUT2D eigenvalue weighted by Crippen LogP contribution is 2.41. The van der Waals surface area contributed by atoms with Crippen LogP contribution in [0.25, 0.3) is 0 Å². The molecule has 2 aliphatic heterocycles. The first-order chi connectivity index (χ1) is 39.0. The number of nitrogens with two attached hydrogens (primary N) is 1. The third-order valence-corrected chi connectivity index (χ3v) is 13.9. The number of carbonyl (C=O) groups excluding carboxylic acids is 4. The van der Waals surface area contributed by atoms with Crippen LogP contribution in [0.4, 0.5) is 50.9 Å². The number of hydrogen-bond donors (Lipinski definition) is 2. The summed E-state index contributed by atoms with van der Waals surface area (Å²) in [5, 5.41) is 21.0. The second-order valence-corrected chi connectivity index (χ2v) is 19.7. The molecule has 0 aliphatic carbocycles. The molecule has 0 unspecified atom stereocenters. The summed E-state index contributed by atoms with van der Waals surface area (Å²) in [4.78, 5) is 67.1. The molecule has 2 fully saturated rings. The van der Waals surface area contributed by atoms with Gasteiger partial charge in [0, 0.05) is 36.1 Å². The number of aliphatic carboxylic acids is 1. The van der Waals surface area contributed by atoms with Gasteiger partial charge >= 0.3 is 30.5 Å². The van der Waals surface area contributed by atoms with Gasteiger partial charge in [-0.05, 0) is 168 Å². The first-order valence-corrected chi connectivity index (χ1v) is 25.9. The van der Waals surface area contributed by atoms with Crippen molar-refractivity contribution in [2.75, 3.05) is 50.1 Å². The fourth-order valence-electron chi connectivity index (χ4n) is 9.25. The number of rotatable bonds is 12. The number of likely N-dealkylation sites (tertiary alicyclic amines) is 1. The maximum absolute atomic E-state index is 13.9. The Kier molecular flexibility index (Phi) is 20.8. The molecule has 6 aromatic rings. The van der Waals surface area contributed by atoms with Crippen LogP contribution in [0, 0.1) is 27.7 Å². The van der Waals surface area contributed by atoms with Gasteiger partial charge in [-0.25, -0.2) is 9.59 Å². The molecule has 0 atom stereocenters. The Morgan fingerprint density at radius 1 is 0.566 bits per heavy atom. The van der Waals surface area contributed by atoms with Crippen molar-refractivity contribution in [3.63, 3.8) is 0 Å². The molecule has 2 amide bonds. The number of methoxy groups -OCH3 is 1. The van der Waals surface area contributed by atoms with Crippen molar-refractivity contribution in [1.29, 1.82) is 0 Å². The van der Waals surface area contributed by atoms with E-state index in [1.54, 1.807) is 23.1 Å². The Morgan fingerprint density at radius 3 is 1.35 bits per heavy atom. The van der Waals surface area contributed by atoms with Crippen LogP contribution in [0.5, 0.6) is 23.0 Å². The van der Waals surface area contributed by atoms with Gasteiger partial charge in [0.05, 0.1) is 53.8 Å². The number of quaternary nitrogens is 1. The number of halogens is 9. The molecule has 442 valence electrons. The lowest BCUT2D eigenvalue weighted by Gasteiger charge is -2.38. The molecule has 6 aromatic carbocycles. The molecule has 0 radical (unpaired) electrons. The van der Waals surface area contributed by atoms with Crippen LogP contribution in [-0.4, -0.2) is 98.3 Å². The number of carboxylic acids is 2. The minimum atomic E-state index is -5.19. The van der Waals surface area contributed by atoms with Crippen molar-refractivity contribution < 1.29 is 93.2 Å². The Balaban J connectivity index is 0.000000239. The summed E-state index contributed by atoms with van der Waals surface area (Å²) >= 11 is 0. The van der Waals surface area contributed by atoms with E-state index in [9.17, 15) is 63.8 Å². The number of piperidine rings is 2. The van der Waals surface area contributed by atoms with Gasteiger partial charge in [-0.1, -0.05) is 36.4 Å². The lowest BCUT2D eigenvalue weighted by atomic mass is 9.98. The lowest BCUT2D eigenvalue weighted by molar-refractivity contribution is -0.662. The quantitative estimate of drug-likeness (QED) is 0.0878. The number of para-hydroxylation sites is 2. The molecule has 2 aliphatic rings. The van der Waals surface area contributed by atoms with Gasteiger partial charge in [-0.2, -0.15) is 39.5 Å². The molecule has 8 rings (SSSR count). The monoisotopic (exact) mass is 1170 g/mol. The maximum Gasteiger partial charge on any atom is 0.430 e. The molecule has 0 saturated carbocycles. The van der Waals surface area contributed by atoms with E-state index >= 15 is 0 Å². The molecular weight excluding hydrogens is 1110 g/mol. The van der Waals surface area contributed by atoms with E-state index in [4.69, 9.17) is 24.1 Å². The summed E-state index contributed by atoms with van der Waals surface area (Å²) in [6, 6.07) is 28.3. The Bertz CT molecular complexity index is 3320. The molecule has 2 saturated heterocycles. The van der Waals surface area contributed by atoms with Gasteiger partial charge in [0.25, 0.3) is 11.8 Å². The van der Waals surface area contributed by atoms with E-state index in [2.05, 4.69) is 10.2 Å². The molecule has 2 heterocycles. The molecular formula is C60H59F9N4O10. The lowest BCUT2D eigenvalue weighted by Crippen LogP contribution is -2.87. The molecule has 23 heteroatoms. The molecule has 0 spiro atoms. The van der Waals surface area contributed by atoms with Crippen molar-refractivity contribution in [2.24, 2.45) is 0 Å². The number of anilines is 2. The molecule has 0 bridgehead atoms. The van der Waals surface area contributed by atoms with Crippen molar-refractivity contribution in [3.8, 4) is 23.0 Å². The minimum Gasteiger partial charge on any atom is -0.542 e. The van der Waals surface area contributed by atoms with Gasteiger partial charge in [-0.15, -0.1) is 0 Å². The number of benzene rings is 6. The summed E-state index contributed by atoms with van der Waals surface area (Å²) in [5.74, 6) is -6.55. The van der Waals surface area contributed by atoms with Crippen LogP contribution >= 0.6 is 0 Å². The summed E-state index contributed by atoms with van der Waals surface area (Å²) < 4.78 is 128.